The highest BCUT2D eigenvalue weighted by molar-refractivity contribution is 5.91. The van der Waals surface area contributed by atoms with Crippen molar-refractivity contribution < 1.29 is 9.72 Å². The highest BCUT2D eigenvalue weighted by Crippen LogP contribution is 2.21. The number of hydrogen-bond donors (Lipinski definition) is 2. The molecule has 1 aromatic heterocycles. The Hall–Kier alpha value is -2.90. The number of rotatable bonds is 3. The van der Waals surface area contributed by atoms with Gasteiger partial charge in [-0.05, 0) is 12.1 Å². The predicted molar refractivity (Wildman–Crippen MR) is 69.3 cm³/mol. The third-order valence-electron chi connectivity index (χ3n) is 2.36. The van der Waals surface area contributed by atoms with Crippen molar-refractivity contribution in [1.29, 1.82) is 0 Å². The third kappa shape index (κ3) is 2.68. The molecule has 19 heavy (non-hydrogen) atoms. The van der Waals surface area contributed by atoms with Crippen LogP contribution in [0.3, 0.4) is 0 Å². The van der Waals surface area contributed by atoms with Gasteiger partial charge in [0.1, 0.15) is 6.20 Å². The molecule has 0 spiro atoms. The van der Waals surface area contributed by atoms with E-state index in [0.717, 1.165) is 10.9 Å². The summed E-state index contributed by atoms with van der Waals surface area (Å²) in [5.41, 5.74) is 0.322. The molecule has 2 rings (SSSR count). The number of aromatic nitrogens is 2. The van der Waals surface area contributed by atoms with E-state index in [1.807, 2.05) is 6.07 Å². The minimum absolute atomic E-state index is 0.0354. The molecule has 1 aromatic carbocycles. The van der Waals surface area contributed by atoms with Crippen molar-refractivity contribution in [2.24, 2.45) is 0 Å². The van der Waals surface area contributed by atoms with Crippen LogP contribution in [-0.4, -0.2) is 27.8 Å². The maximum absolute atomic E-state index is 11.9. The molecule has 8 heteroatoms. The van der Waals surface area contributed by atoms with Crippen LogP contribution in [0.25, 0.3) is 0 Å². The molecule has 0 saturated heterocycles. The van der Waals surface area contributed by atoms with Gasteiger partial charge in [0.05, 0.1) is 4.92 Å². The lowest BCUT2D eigenvalue weighted by Crippen LogP contribution is -2.19. The Labute approximate surface area is 108 Å². The largest absolute Gasteiger partial charge is 0.366 e. The average molecular weight is 261 g/mol. The number of carbonyl (C=O) groups excluding carboxylic acids is 1. The number of nitrogens with one attached hydrogen (secondary N) is 2. The Morgan fingerprint density at radius 2 is 2.05 bits per heavy atom. The Morgan fingerprint density at radius 3 is 2.58 bits per heavy atom. The zero-order valence-electron chi connectivity index (χ0n) is 10.0. The van der Waals surface area contributed by atoms with Gasteiger partial charge in [-0.1, -0.05) is 18.2 Å². The van der Waals surface area contributed by atoms with Crippen molar-refractivity contribution in [3.05, 3.63) is 46.6 Å². The normalized spacial score (nSPS) is 9.95. The monoisotopic (exact) mass is 261 g/mol. The number of hydrogen-bond acceptors (Lipinski definition) is 5. The van der Waals surface area contributed by atoms with Crippen LogP contribution in [0.2, 0.25) is 0 Å². The van der Waals surface area contributed by atoms with E-state index in [2.05, 4.69) is 15.7 Å². The van der Waals surface area contributed by atoms with Crippen LogP contribution in [0.15, 0.2) is 36.5 Å². The lowest BCUT2D eigenvalue weighted by atomic mass is 10.3. The van der Waals surface area contributed by atoms with E-state index in [0.29, 0.717) is 5.69 Å². The summed E-state index contributed by atoms with van der Waals surface area (Å²) in [5.74, 6) is 0.0354. The first kappa shape index (κ1) is 12.6. The van der Waals surface area contributed by atoms with E-state index >= 15 is 0 Å². The highest BCUT2D eigenvalue weighted by Gasteiger charge is 2.21. The molecule has 0 aliphatic heterocycles. The molecule has 0 aliphatic carbocycles. The first-order valence-corrected chi connectivity index (χ1v) is 5.40. The molecule has 0 unspecified atom stereocenters. The average Bonchev–Trinajstić information content (AvgIpc) is 2.84. The van der Waals surface area contributed by atoms with E-state index in [1.54, 1.807) is 24.3 Å². The zero-order chi connectivity index (χ0) is 13.8. The number of benzene rings is 1. The van der Waals surface area contributed by atoms with E-state index in [9.17, 15) is 14.9 Å². The van der Waals surface area contributed by atoms with E-state index < -0.39 is 11.0 Å². The molecule has 2 N–H and O–H groups in total. The van der Waals surface area contributed by atoms with Crippen LogP contribution in [0.5, 0.6) is 0 Å². The first-order valence-electron chi connectivity index (χ1n) is 5.40. The number of amides is 1. The van der Waals surface area contributed by atoms with Crippen molar-refractivity contribution >= 4 is 23.2 Å². The van der Waals surface area contributed by atoms with Gasteiger partial charge in [0, 0.05) is 12.7 Å². The van der Waals surface area contributed by atoms with Crippen LogP contribution >= 0.6 is 0 Å². The van der Waals surface area contributed by atoms with Crippen molar-refractivity contribution in [2.45, 2.75) is 0 Å². The fraction of sp³-hybridized carbons (Fsp3) is 0.0909. The minimum Gasteiger partial charge on any atom is -0.366 e. The highest BCUT2D eigenvalue weighted by atomic mass is 16.6. The molecule has 2 aromatic rings. The van der Waals surface area contributed by atoms with Gasteiger partial charge in [0.25, 0.3) is 0 Å². The molecular formula is C11H11N5O3. The first-order chi connectivity index (χ1) is 9.11. The summed E-state index contributed by atoms with van der Waals surface area (Å²) < 4.78 is 0.886. The van der Waals surface area contributed by atoms with Gasteiger partial charge >= 0.3 is 11.7 Å². The zero-order valence-corrected chi connectivity index (χ0v) is 10.0. The van der Waals surface area contributed by atoms with E-state index in [4.69, 9.17) is 0 Å². The number of carbonyl (C=O) groups is 1. The van der Waals surface area contributed by atoms with Crippen molar-refractivity contribution in [3.8, 4) is 0 Å². The topological polar surface area (TPSA) is 102 Å². The smallest absolute Gasteiger partial charge is 0.346 e. The maximum Gasteiger partial charge on any atom is 0.346 e. The fourth-order valence-electron chi connectivity index (χ4n) is 1.48. The quantitative estimate of drug-likeness (QED) is 0.649. The van der Waals surface area contributed by atoms with Gasteiger partial charge in [-0.3, -0.25) is 10.1 Å². The van der Waals surface area contributed by atoms with Gasteiger partial charge in [0.2, 0.25) is 5.82 Å². The SMILES string of the molecule is CNc1nn(C(=O)Nc2ccccc2)cc1[N+](=O)[O-]. The van der Waals surface area contributed by atoms with Crippen molar-refractivity contribution in [2.75, 3.05) is 17.7 Å². The van der Waals surface area contributed by atoms with Crippen LogP contribution in [0, 0.1) is 10.1 Å². The number of nitrogens with zero attached hydrogens (tertiary/aromatic N) is 3. The Morgan fingerprint density at radius 1 is 1.37 bits per heavy atom. The molecule has 1 heterocycles. The maximum atomic E-state index is 11.9. The number of anilines is 2. The summed E-state index contributed by atoms with van der Waals surface area (Å²) in [6.45, 7) is 0. The van der Waals surface area contributed by atoms with Gasteiger partial charge in [0.15, 0.2) is 0 Å². The van der Waals surface area contributed by atoms with Crippen molar-refractivity contribution in [3.63, 3.8) is 0 Å². The summed E-state index contributed by atoms with van der Waals surface area (Å²) in [6.07, 6.45) is 1.06. The van der Waals surface area contributed by atoms with Gasteiger partial charge in [-0.2, -0.15) is 4.68 Å². The lowest BCUT2D eigenvalue weighted by Gasteiger charge is -2.03. The molecule has 0 radical (unpaired) electrons. The molecule has 98 valence electrons. The lowest BCUT2D eigenvalue weighted by molar-refractivity contribution is -0.384. The molecule has 0 atom stereocenters. The summed E-state index contributed by atoms with van der Waals surface area (Å²) in [4.78, 5) is 22.0. The van der Waals surface area contributed by atoms with Gasteiger partial charge in [-0.15, -0.1) is 5.10 Å². The molecule has 1 amide bonds. The fourth-order valence-corrected chi connectivity index (χ4v) is 1.48. The second kappa shape index (κ2) is 5.17. The summed E-state index contributed by atoms with van der Waals surface area (Å²) in [7, 11) is 1.49. The van der Waals surface area contributed by atoms with E-state index in [1.165, 1.54) is 7.05 Å². The summed E-state index contributed by atoms with van der Waals surface area (Å²) >= 11 is 0. The molecule has 0 aliphatic rings. The number of nitro groups is 1. The van der Waals surface area contributed by atoms with Crippen LogP contribution in [0.4, 0.5) is 22.0 Å². The molecule has 0 saturated carbocycles. The molecule has 0 fully saturated rings. The Bertz CT molecular complexity index is 608. The molecule has 8 nitrogen and oxygen atoms in total. The third-order valence-corrected chi connectivity index (χ3v) is 2.36. The second-order valence-corrected chi connectivity index (χ2v) is 3.61. The van der Waals surface area contributed by atoms with Crippen molar-refractivity contribution in [1.82, 2.24) is 9.78 Å². The number of para-hydroxylation sites is 1. The second-order valence-electron chi connectivity index (χ2n) is 3.61. The summed E-state index contributed by atoms with van der Waals surface area (Å²) in [5, 5.41) is 19.7. The Balaban J connectivity index is 2.22. The van der Waals surface area contributed by atoms with Crippen LogP contribution < -0.4 is 10.6 Å². The summed E-state index contributed by atoms with van der Waals surface area (Å²) in [6, 6.07) is 8.17. The van der Waals surface area contributed by atoms with Gasteiger partial charge in [-0.25, -0.2) is 4.79 Å². The van der Waals surface area contributed by atoms with Gasteiger partial charge < -0.3 is 10.6 Å². The standard InChI is InChI=1S/C11H11N5O3/c1-12-10-9(16(18)19)7-15(14-10)11(17)13-8-5-3-2-4-6-8/h2-7H,1H3,(H,12,14)(H,13,17). The van der Waals surface area contributed by atoms with Crippen LogP contribution in [0.1, 0.15) is 0 Å². The minimum atomic E-state index is -0.606. The Kier molecular flexibility index (Phi) is 3.42. The molecular weight excluding hydrogens is 250 g/mol. The van der Waals surface area contributed by atoms with Crippen LogP contribution in [-0.2, 0) is 0 Å². The predicted octanol–water partition coefficient (Wildman–Crippen LogP) is 1.91. The molecule has 0 bridgehead atoms. The van der Waals surface area contributed by atoms with E-state index in [-0.39, 0.29) is 11.5 Å².